The molecule has 2 aliphatic carbocycles. The summed E-state index contributed by atoms with van der Waals surface area (Å²) < 4.78 is 0. The highest BCUT2D eigenvalue weighted by atomic mass is 32.1. The van der Waals surface area contributed by atoms with Crippen LogP contribution in [0, 0.1) is 26.9 Å². The summed E-state index contributed by atoms with van der Waals surface area (Å²) in [7, 11) is 0. The first-order valence-corrected chi connectivity index (χ1v) is 13.4. The number of amides is 1. The van der Waals surface area contributed by atoms with E-state index in [1.807, 2.05) is 13.8 Å². The van der Waals surface area contributed by atoms with Crippen molar-refractivity contribution in [1.82, 2.24) is 0 Å². The predicted octanol–water partition coefficient (Wildman–Crippen LogP) is 6.35. The Morgan fingerprint density at radius 1 is 1.14 bits per heavy atom. The summed E-state index contributed by atoms with van der Waals surface area (Å²) in [5.74, 6) is -0.719. The van der Waals surface area contributed by atoms with Gasteiger partial charge in [-0.1, -0.05) is 38.8 Å². The molecule has 0 saturated carbocycles. The molecule has 1 aliphatic heterocycles. The van der Waals surface area contributed by atoms with Gasteiger partial charge >= 0.3 is 0 Å². The fourth-order valence-electron chi connectivity index (χ4n) is 5.97. The van der Waals surface area contributed by atoms with E-state index < -0.39 is 10.8 Å². The summed E-state index contributed by atoms with van der Waals surface area (Å²) in [5, 5.41) is 22.2. The summed E-state index contributed by atoms with van der Waals surface area (Å²) >= 11 is 1.53. The molecule has 3 aliphatic rings. The molecular formula is C28H29N3O4S. The van der Waals surface area contributed by atoms with Crippen LogP contribution in [0.25, 0.3) is 0 Å². The van der Waals surface area contributed by atoms with Crippen molar-refractivity contribution >= 4 is 33.7 Å². The van der Waals surface area contributed by atoms with Crippen LogP contribution in [0.4, 0.5) is 10.7 Å². The van der Waals surface area contributed by atoms with E-state index >= 15 is 0 Å². The third-order valence-electron chi connectivity index (χ3n) is 7.59. The fraction of sp³-hybridized carbons (Fsp3) is 0.464. The molecule has 7 nitrogen and oxygen atoms in total. The normalized spacial score (nSPS) is 21.8. The number of ketones is 1. The van der Waals surface area contributed by atoms with Gasteiger partial charge in [0.05, 0.1) is 10.5 Å². The smallest absolute Gasteiger partial charge is 0.269 e. The highest BCUT2D eigenvalue weighted by molar-refractivity contribution is 7.16. The number of benzene rings is 1. The Balaban J connectivity index is 1.69. The molecule has 186 valence electrons. The Kier molecular flexibility index (Phi) is 6.29. The van der Waals surface area contributed by atoms with Gasteiger partial charge in [-0.05, 0) is 48.6 Å². The number of nitrogens with zero attached hydrogens (tertiary/aromatic N) is 3. The molecule has 0 unspecified atom stereocenters. The topological polar surface area (TPSA) is 104 Å². The summed E-state index contributed by atoms with van der Waals surface area (Å²) in [4.78, 5) is 41.2. The number of hydrogen-bond acceptors (Lipinski definition) is 6. The molecule has 1 amide bonds. The average molecular weight is 504 g/mol. The molecule has 8 heteroatoms. The predicted molar refractivity (Wildman–Crippen MR) is 138 cm³/mol. The average Bonchev–Trinajstić information content (AvgIpc) is 3.13. The van der Waals surface area contributed by atoms with Crippen molar-refractivity contribution in [3.63, 3.8) is 0 Å². The molecule has 2 aromatic rings. The third-order valence-corrected chi connectivity index (χ3v) is 8.87. The van der Waals surface area contributed by atoms with Gasteiger partial charge in [-0.15, -0.1) is 11.3 Å². The minimum absolute atomic E-state index is 0.0244. The molecule has 0 fully saturated rings. The number of fused-ring (bicyclic) bond motifs is 1. The second kappa shape index (κ2) is 9.29. The van der Waals surface area contributed by atoms with Gasteiger partial charge in [-0.3, -0.25) is 24.6 Å². The number of rotatable bonds is 3. The number of carbonyl (C=O) groups excluding carboxylic acids is 2. The highest BCUT2D eigenvalue weighted by Crippen LogP contribution is 2.51. The van der Waals surface area contributed by atoms with Gasteiger partial charge in [0.2, 0.25) is 5.91 Å². The van der Waals surface area contributed by atoms with Crippen LogP contribution in [-0.4, -0.2) is 16.6 Å². The number of thiophene rings is 1. The van der Waals surface area contributed by atoms with E-state index in [-0.39, 0.29) is 29.2 Å². The van der Waals surface area contributed by atoms with Gasteiger partial charge in [0, 0.05) is 47.0 Å². The molecule has 36 heavy (non-hydrogen) atoms. The summed E-state index contributed by atoms with van der Waals surface area (Å²) in [6, 6.07) is 8.65. The molecule has 0 bridgehead atoms. The van der Waals surface area contributed by atoms with Gasteiger partial charge in [0.15, 0.2) is 5.78 Å². The molecule has 0 spiro atoms. The monoisotopic (exact) mass is 503 g/mol. The number of carbonyl (C=O) groups is 2. The van der Waals surface area contributed by atoms with Crippen molar-refractivity contribution in [2.75, 3.05) is 4.90 Å². The minimum Gasteiger partial charge on any atom is -0.294 e. The van der Waals surface area contributed by atoms with E-state index in [9.17, 15) is 25.0 Å². The number of nitriles is 1. The number of nitro groups is 1. The van der Waals surface area contributed by atoms with Crippen LogP contribution in [0.15, 0.2) is 35.5 Å². The number of non-ortho nitro benzene ring substituents is 1. The molecule has 0 N–H and O–H groups in total. The van der Waals surface area contributed by atoms with Crippen LogP contribution in [0.1, 0.15) is 86.3 Å². The van der Waals surface area contributed by atoms with Crippen molar-refractivity contribution in [2.24, 2.45) is 5.41 Å². The van der Waals surface area contributed by atoms with Gasteiger partial charge < -0.3 is 0 Å². The first kappa shape index (κ1) is 24.4. The summed E-state index contributed by atoms with van der Waals surface area (Å²) in [6.45, 7) is 4.04. The van der Waals surface area contributed by atoms with E-state index in [1.54, 1.807) is 17.0 Å². The summed E-state index contributed by atoms with van der Waals surface area (Å²) in [6.07, 6.45) is 7.07. The Hall–Kier alpha value is -3.31. The number of allylic oxidation sites excluding steroid dienone is 2. The second-order valence-corrected chi connectivity index (χ2v) is 11.9. The van der Waals surface area contributed by atoms with Crippen LogP contribution in [0.2, 0.25) is 0 Å². The molecule has 5 rings (SSSR count). The Morgan fingerprint density at radius 3 is 2.61 bits per heavy atom. The van der Waals surface area contributed by atoms with Crippen LogP contribution < -0.4 is 4.90 Å². The lowest BCUT2D eigenvalue weighted by Gasteiger charge is -2.42. The maximum atomic E-state index is 13.8. The number of Topliss-reactive ketones (excluding diaryl/α,β-unsaturated/α-hetero) is 1. The molecular weight excluding hydrogens is 474 g/mol. The van der Waals surface area contributed by atoms with Gasteiger partial charge in [-0.2, -0.15) is 5.26 Å². The van der Waals surface area contributed by atoms with Crippen molar-refractivity contribution in [2.45, 2.75) is 77.6 Å². The third kappa shape index (κ3) is 4.26. The van der Waals surface area contributed by atoms with E-state index in [2.05, 4.69) is 6.07 Å². The molecule has 2 heterocycles. The Bertz CT molecular complexity index is 1350. The molecule has 0 radical (unpaired) electrons. The van der Waals surface area contributed by atoms with Gasteiger partial charge in [0.1, 0.15) is 11.1 Å². The molecule has 1 aromatic heterocycles. The molecule has 0 saturated heterocycles. The number of nitro benzene ring substituents is 1. The van der Waals surface area contributed by atoms with Crippen LogP contribution in [0.5, 0.6) is 0 Å². The van der Waals surface area contributed by atoms with E-state index in [1.165, 1.54) is 34.8 Å². The maximum Gasteiger partial charge on any atom is 0.269 e. The SMILES string of the molecule is CC1(C)CC(=O)C2=C(C1)N(c1sc3c(c1C#N)CCCCCC3)C(=O)C[C@H]2c1cccc([N+](=O)[O-])c1. The Labute approximate surface area is 214 Å². The first-order chi connectivity index (χ1) is 17.2. The molecule has 1 atom stereocenters. The van der Waals surface area contributed by atoms with Crippen molar-refractivity contribution in [3.8, 4) is 6.07 Å². The lowest BCUT2D eigenvalue weighted by Crippen LogP contribution is -2.43. The van der Waals surface area contributed by atoms with Crippen LogP contribution >= 0.6 is 11.3 Å². The van der Waals surface area contributed by atoms with Crippen molar-refractivity contribution < 1.29 is 14.5 Å². The quantitative estimate of drug-likeness (QED) is 0.358. The van der Waals surface area contributed by atoms with E-state index in [0.717, 1.165) is 37.7 Å². The summed E-state index contributed by atoms with van der Waals surface area (Å²) in [5.41, 5.74) is 3.08. The largest absolute Gasteiger partial charge is 0.294 e. The number of hydrogen-bond donors (Lipinski definition) is 0. The molecule has 1 aromatic carbocycles. The number of anilines is 1. The zero-order valence-electron chi connectivity index (χ0n) is 20.6. The van der Waals surface area contributed by atoms with E-state index in [0.29, 0.717) is 40.2 Å². The lowest BCUT2D eigenvalue weighted by atomic mass is 9.69. The zero-order valence-corrected chi connectivity index (χ0v) is 21.5. The van der Waals surface area contributed by atoms with Crippen LogP contribution in [-0.2, 0) is 22.4 Å². The Morgan fingerprint density at radius 2 is 1.89 bits per heavy atom. The standard InChI is InChI=1S/C28H29N3O4S/c1-28(2)14-22-26(23(32)15-28)20(17-8-7-9-18(12-17)31(34)35)13-25(33)30(22)27-21(16-29)19-10-5-3-4-6-11-24(19)36-27/h7-9,12,20H,3-6,10-11,13-15H2,1-2H3/t20-/m0/s1. The minimum atomic E-state index is -0.529. The highest BCUT2D eigenvalue weighted by Gasteiger charge is 2.45. The van der Waals surface area contributed by atoms with Crippen LogP contribution in [0.3, 0.4) is 0 Å². The lowest BCUT2D eigenvalue weighted by molar-refractivity contribution is -0.384. The zero-order chi connectivity index (χ0) is 25.6. The van der Waals surface area contributed by atoms with Gasteiger partial charge in [-0.25, -0.2) is 0 Å². The maximum absolute atomic E-state index is 13.8. The van der Waals surface area contributed by atoms with Crippen molar-refractivity contribution in [3.05, 3.63) is 67.2 Å². The fourth-order valence-corrected chi connectivity index (χ4v) is 7.35. The second-order valence-electron chi connectivity index (χ2n) is 10.8. The number of aryl methyl sites for hydroxylation is 1. The van der Waals surface area contributed by atoms with Crippen molar-refractivity contribution in [1.29, 1.82) is 5.26 Å². The first-order valence-electron chi connectivity index (χ1n) is 12.6. The van der Waals surface area contributed by atoms with Gasteiger partial charge in [0.25, 0.3) is 5.69 Å². The van der Waals surface area contributed by atoms with E-state index in [4.69, 9.17) is 0 Å².